The number of benzene rings is 2. The van der Waals surface area contributed by atoms with Gasteiger partial charge in [-0.2, -0.15) is 13.2 Å². The molecule has 2 atom stereocenters. The lowest BCUT2D eigenvalue weighted by atomic mass is 10.00. The largest absolute Gasteiger partial charge is 0.455 e. The Morgan fingerprint density at radius 3 is 2.51 bits per heavy atom. The van der Waals surface area contributed by atoms with Crippen LogP contribution in [0.15, 0.2) is 52.9 Å². The van der Waals surface area contributed by atoms with Crippen molar-refractivity contribution < 1.29 is 31.5 Å². The molecule has 39 heavy (non-hydrogen) atoms. The number of nitrogens with one attached hydrogen (secondary N) is 2. The third-order valence-corrected chi connectivity index (χ3v) is 6.59. The van der Waals surface area contributed by atoms with Crippen molar-refractivity contribution in [1.29, 1.82) is 0 Å². The van der Waals surface area contributed by atoms with Crippen LogP contribution in [0.1, 0.15) is 34.6 Å². The fourth-order valence-electron chi connectivity index (χ4n) is 4.68. The number of alkyl halides is 3. The molecule has 0 aliphatic carbocycles. The second kappa shape index (κ2) is 10.2. The zero-order chi connectivity index (χ0) is 27.9. The predicted molar refractivity (Wildman–Crippen MR) is 137 cm³/mol. The number of furan rings is 1. The minimum Gasteiger partial charge on any atom is -0.455 e. The van der Waals surface area contributed by atoms with Gasteiger partial charge in [0.25, 0.3) is 5.91 Å². The highest BCUT2D eigenvalue weighted by molar-refractivity contribution is 6.11. The first-order valence-corrected chi connectivity index (χ1v) is 12.1. The van der Waals surface area contributed by atoms with Crippen molar-refractivity contribution in [2.45, 2.75) is 25.3 Å². The van der Waals surface area contributed by atoms with Gasteiger partial charge in [0.15, 0.2) is 5.69 Å². The van der Waals surface area contributed by atoms with Crippen molar-refractivity contribution >= 4 is 28.4 Å². The van der Waals surface area contributed by atoms with E-state index in [9.17, 15) is 22.4 Å². The number of nitrogens with zero attached hydrogens (tertiary/aromatic N) is 3. The lowest BCUT2D eigenvalue weighted by molar-refractivity contribution is -0.141. The van der Waals surface area contributed by atoms with Gasteiger partial charge in [-0.3, -0.25) is 4.79 Å². The van der Waals surface area contributed by atoms with Crippen LogP contribution in [-0.2, 0) is 10.9 Å². The minimum absolute atomic E-state index is 0.199. The second-order valence-corrected chi connectivity index (χ2v) is 9.26. The Morgan fingerprint density at radius 2 is 1.87 bits per heavy atom. The summed E-state index contributed by atoms with van der Waals surface area (Å²) in [5, 5.41) is 13.1. The molecule has 5 rings (SSSR count). The van der Waals surface area contributed by atoms with Gasteiger partial charge in [-0.05, 0) is 49.4 Å². The molecule has 12 heteroatoms. The first-order valence-electron chi connectivity index (χ1n) is 12.1. The number of ether oxygens (including phenoxy) is 1. The molecule has 1 amide bonds. The van der Waals surface area contributed by atoms with Crippen molar-refractivity contribution in [2.24, 2.45) is 0 Å². The number of carbonyl (C=O) groups excluding carboxylic acids is 1. The van der Waals surface area contributed by atoms with Crippen LogP contribution in [0.3, 0.4) is 0 Å². The molecule has 2 aromatic heterocycles. The van der Waals surface area contributed by atoms with E-state index in [-0.39, 0.29) is 30.5 Å². The number of aromatic nitrogens is 2. The molecule has 0 bridgehead atoms. The van der Waals surface area contributed by atoms with Gasteiger partial charge in [0.05, 0.1) is 17.8 Å². The van der Waals surface area contributed by atoms with Crippen molar-refractivity contribution in [3.8, 4) is 11.3 Å². The fourth-order valence-corrected chi connectivity index (χ4v) is 4.68. The minimum atomic E-state index is -4.56. The monoisotopic (exact) mass is 543 g/mol. The summed E-state index contributed by atoms with van der Waals surface area (Å²) in [5.74, 6) is -0.210. The Kier molecular flexibility index (Phi) is 6.89. The Morgan fingerprint density at radius 1 is 1.13 bits per heavy atom. The number of hydrogen-bond acceptors (Lipinski definition) is 7. The maximum atomic E-state index is 13.5. The first kappa shape index (κ1) is 26.4. The second-order valence-electron chi connectivity index (χ2n) is 9.26. The molecule has 0 fully saturated rings. The maximum absolute atomic E-state index is 13.5. The molecular weight excluding hydrogens is 518 g/mol. The predicted octanol–water partition coefficient (Wildman–Crippen LogP) is 5.42. The molecule has 0 radical (unpaired) electrons. The molecule has 204 valence electrons. The zero-order valence-electron chi connectivity index (χ0n) is 21.3. The molecule has 0 saturated heterocycles. The third-order valence-electron chi connectivity index (χ3n) is 6.59. The first-order chi connectivity index (χ1) is 18.5. The van der Waals surface area contributed by atoms with E-state index in [1.165, 1.54) is 25.2 Å². The standard InChI is InChI=1S/C27H25F4N5O3/c1-14-18-10-19-21(39-25(24(19)26(37)32-2)15-4-6-16(28)7-5-15)11-20(18)36(3)13-17(38-14)12-33-23-9-8-22(34-35-23)27(29,30)31/h4-11,14,17H,12-13H2,1-3H3,(H,32,37)(H,33,35)/t14-,17+/m0/s1. The van der Waals surface area contributed by atoms with E-state index < -0.39 is 17.7 Å². The van der Waals surface area contributed by atoms with Crippen LogP contribution in [0.5, 0.6) is 0 Å². The van der Waals surface area contributed by atoms with E-state index in [1.54, 1.807) is 12.1 Å². The molecule has 3 heterocycles. The summed E-state index contributed by atoms with van der Waals surface area (Å²) >= 11 is 0. The fraction of sp³-hybridized carbons (Fsp3) is 0.296. The lowest BCUT2D eigenvalue weighted by Gasteiger charge is -2.23. The van der Waals surface area contributed by atoms with Gasteiger partial charge in [0.2, 0.25) is 0 Å². The number of hydrogen-bond donors (Lipinski definition) is 2. The van der Waals surface area contributed by atoms with E-state index in [0.29, 0.717) is 34.4 Å². The van der Waals surface area contributed by atoms with Crippen LogP contribution in [0.2, 0.25) is 0 Å². The zero-order valence-corrected chi connectivity index (χ0v) is 21.3. The maximum Gasteiger partial charge on any atom is 0.435 e. The van der Waals surface area contributed by atoms with Crippen LogP contribution < -0.4 is 15.5 Å². The van der Waals surface area contributed by atoms with Crippen LogP contribution in [0, 0.1) is 5.82 Å². The Balaban J connectivity index is 1.43. The molecule has 0 spiro atoms. The molecule has 0 saturated carbocycles. The average Bonchev–Trinajstić information content (AvgIpc) is 3.23. The average molecular weight is 544 g/mol. The van der Waals surface area contributed by atoms with E-state index in [1.807, 2.05) is 31.0 Å². The van der Waals surface area contributed by atoms with Crippen LogP contribution in [-0.4, -0.2) is 49.4 Å². The summed E-state index contributed by atoms with van der Waals surface area (Å²) in [5.41, 5.74) is 2.00. The SMILES string of the molecule is CNC(=O)c1c(-c2ccc(F)cc2)oc2cc3c(cc12)[C@H](C)O[C@H](CNc1ccc(C(F)(F)F)nn1)CN3C. The summed E-state index contributed by atoms with van der Waals surface area (Å²) in [6.45, 7) is 2.62. The topological polar surface area (TPSA) is 92.5 Å². The summed E-state index contributed by atoms with van der Waals surface area (Å²) < 4.78 is 64.2. The summed E-state index contributed by atoms with van der Waals surface area (Å²) in [6, 6.07) is 11.5. The molecule has 2 aromatic carbocycles. The Labute approximate surface area is 221 Å². The van der Waals surface area contributed by atoms with Crippen molar-refractivity contribution in [3.63, 3.8) is 0 Å². The van der Waals surface area contributed by atoms with E-state index >= 15 is 0 Å². The molecule has 4 aromatic rings. The van der Waals surface area contributed by atoms with Gasteiger partial charge in [-0.15, -0.1) is 10.2 Å². The highest BCUT2D eigenvalue weighted by atomic mass is 19.4. The van der Waals surface area contributed by atoms with Crippen LogP contribution >= 0.6 is 0 Å². The van der Waals surface area contributed by atoms with Gasteiger partial charge < -0.3 is 24.7 Å². The Bertz CT molecular complexity index is 1500. The lowest BCUT2D eigenvalue weighted by Crippen LogP contribution is -2.34. The van der Waals surface area contributed by atoms with Crippen molar-refractivity contribution in [3.05, 3.63) is 71.2 Å². The summed E-state index contributed by atoms with van der Waals surface area (Å²) in [6.07, 6.45) is -5.29. The highest BCUT2D eigenvalue weighted by Gasteiger charge is 2.33. The van der Waals surface area contributed by atoms with E-state index in [2.05, 4.69) is 20.8 Å². The molecule has 2 N–H and O–H groups in total. The molecule has 0 unspecified atom stereocenters. The molecule has 8 nitrogen and oxygen atoms in total. The quantitative estimate of drug-likeness (QED) is 0.325. The van der Waals surface area contributed by atoms with Crippen molar-refractivity contribution in [2.75, 3.05) is 37.4 Å². The summed E-state index contributed by atoms with van der Waals surface area (Å²) in [4.78, 5) is 14.9. The van der Waals surface area contributed by atoms with Crippen LogP contribution in [0.4, 0.5) is 29.1 Å². The molecule has 1 aliphatic heterocycles. The number of carbonyl (C=O) groups is 1. The third kappa shape index (κ3) is 5.24. The highest BCUT2D eigenvalue weighted by Crippen LogP contribution is 2.41. The molecule has 1 aliphatic rings. The number of anilines is 2. The van der Waals surface area contributed by atoms with Gasteiger partial charge in [-0.25, -0.2) is 4.39 Å². The number of fused-ring (bicyclic) bond motifs is 2. The molecular formula is C27H25F4N5O3. The normalized spacial score (nSPS) is 17.6. The van der Waals surface area contributed by atoms with Gasteiger partial charge in [0, 0.05) is 55.5 Å². The number of amides is 1. The number of likely N-dealkylation sites (N-methyl/N-ethyl adjacent to an activating group) is 1. The number of halogens is 4. The Hall–Kier alpha value is -4.19. The van der Waals surface area contributed by atoms with Gasteiger partial charge in [-0.1, -0.05) is 0 Å². The van der Waals surface area contributed by atoms with Gasteiger partial charge in [0.1, 0.15) is 23.0 Å². The van der Waals surface area contributed by atoms with E-state index in [0.717, 1.165) is 17.3 Å². The number of rotatable bonds is 5. The van der Waals surface area contributed by atoms with Crippen LogP contribution in [0.25, 0.3) is 22.3 Å². The van der Waals surface area contributed by atoms with E-state index in [4.69, 9.17) is 9.15 Å². The van der Waals surface area contributed by atoms with Crippen molar-refractivity contribution in [1.82, 2.24) is 15.5 Å². The van der Waals surface area contributed by atoms with Gasteiger partial charge >= 0.3 is 6.18 Å². The summed E-state index contributed by atoms with van der Waals surface area (Å²) in [7, 11) is 3.41. The smallest absolute Gasteiger partial charge is 0.435 e.